The monoisotopic (exact) mass is 518 g/mol. The van der Waals surface area contributed by atoms with Gasteiger partial charge in [0.05, 0.1) is 6.54 Å². The van der Waals surface area contributed by atoms with Gasteiger partial charge in [0.15, 0.2) is 5.96 Å². The van der Waals surface area contributed by atoms with E-state index in [0.717, 1.165) is 50.3 Å². The first-order valence-electron chi connectivity index (χ1n) is 10.6. The number of aliphatic hydroxyl groups excluding tert-OH is 1. The zero-order chi connectivity index (χ0) is 20.8. The largest absolute Gasteiger partial charge is 0.396 e. The summed E-state index contributed by atoms with van der Waals surface area (Å²) in [6.45, 7) is 10.5. The summed E-state index contributed by atoms with van der Waals surface area (Å²) in [6.07, 6.45) is 3.89. The first-order chi connectivity index (χ1) is 13.5. The zero-order valence-electron chi connectivity index (χ0n) is 18.3. The van der Waals surface area contributed by atoms with Crippen molar-refractivity contribution in [3.05, 3.63) is 35.4 Å². The van der Waals surface area contributed by atoms with E-state index in [0.29, 0.717) is 18.0 Å². The summed E-state index contributed by atoms with van der Waals surface area (Å²) in [7, 11) is 0. The van der Waals surface area contributed by atoms with Crippen molar-refractivity contribution in [3.8, 4) is 0 Å². The first kappa shape index (κ1) is 27.6. The van der Waals surface area contributed by atoms with Crippen LogP contribution < -0.4 is 16.0 Å². The Morgan fingerprint density at radius 2 is 1.93 bits per heavy atom. The van der Waals surface area contributed by atoms with Crippen molar-refractivity contribution in [3.63, 3.8) is 0 Å². The highest BCUT2D eigenvalue weighted by Gasteiger charge is 2.10. The highest BCUT2D eigenvalue weighted by Crippen LogP contribution is 2.10. The summed E-state index contributed by atoms with van der Waals surface area (Å²) in [4.78, 5) is 17.0. The van der Waals surface area contributed by atoms with Gasteiger partial charge in [-0.2, -0.15) is 0 Å². The van der Waals surface area contributed by atoms with Gasteiger partial charge in [0.1, 0.15) is 0 Å². The van der Waals surface area contributed by atoms with E-state index in [1.807, 2.05) is 38.1 Å². The van der Waals surface area contributed by atoms with Crippen LogP contribution in [-0.2, 0) is 6.54 Å². The van der Waals surface area contributed by atoms with Crippen LogP contribution in [0.4, 0.5) is 0 Å². The molecule has 0 aliphatic carbocycles. The van der Waals surface area contributed by atoms with Gasteiger partial charge in [-0.1, -0.05) is 32.4 Å². The van der Waals surface area contributed by atoms with Gasteiger partial charge in [-0.25, -0.2) is 4.99 Å². The van der Waals surface area contributed by atoms with Crippen molar-refractivity contribution in [1.82, 2.24) is 16.0 Å². The number of hydrogen-bond donors (Lipinski definition) is 4. The van der Waals surface area contributed by atoms with Crippen LogP contribution in [0.25, 0.3) is 0 Å². The Kier molecular flexibility index (Phi) is 15.7. The second-order valence-electron chi connectivity index (χ2n) is 7.23. The van der Waals surface area contributed by atoms with Crippen molar-refractivity contribution in [2.75, 3.05) is 19.7 Å². The van der Waals surface area contributed by atoms with Gasteiger partial charge >= 0.3 is 0 Å². The summed E-state index contributed by atoms with van der Waals surface area (Å²) < 4.78 is 0. The Morgan fingerprint density at radius 1 is 1.17 bits per heavy atom. The van der Waals surface area contributed by atoms with E-state index in [1.165, 1.54) is 0 Å². The Morgan fingerprint density at radius 3 is 2.55 bits per heavy atom. The maximum atomic E-state index is 12.3. The Hall–Kier alpha value is -1.35. The summed E-state index contributed by atoms with van der Waals surface area (Å²) in [6, 6.07) is 7.77. The minimum Gasteiger partial charge on any atom is -0.396 e. The van der Waals surface area contributed by atoms with E-state index >= 15 is 0 Å². The molecule has 4 N–H and O–H groups in total. The average molecular weight is 518 g/mol. The van der Waals surface area contributed by atoms with Gasteiger partial charge in [-0.15, -0.1) is 24.0 Å². The van der Waals surface area contributed by atoms with E-state index in [2.05, 4.69) is 34.8 Å². The standard InChI is InChI=1S/C22H38N4O2.HI/c1-5-9-18(12-13-27)15-24-22(23-7-3)25-16-19-10-8-11-20(14-19)21(28)26-17(4)6-2;/h8,10-11,14,17-18,27H,5-7,9,12-13,15-16H2,1-4H3,(H,26,28)(H2,23,24,25);1H. The first-order valence-corrected chi connectivity index (χ1v) is 10.6. The number of nitrogens with one attached hydrogen (secondary N) is 3. The second kappa shape index (κ2) is 16.4. The maximum Gasteiger partial charge on any atom is 0.251 e. The number of amides is 1. The van der Waals surface area contributed by atoms with Gasteiger partial charge in [-0.3, -0.25) is 4.79 Å². The molecule has 166 valence electrons. The van der Waals surface area contributed by atoms with Crippen LogP contribution in [-0.4, -0.2) is 42.7 Å². The minimum atomic E-state index is -0.0448. The number of rotatable bonds is 12. The van der Waals surface area contributed by atoms with Gasteiger partial charge < -0.3 is 21.1 Å². The molecule has 0 spiro atoms. The summed E-state index contributed by atoms with van der Waals surface area (Å²) in [5.74, 6) is 1.15. The maximum absolute atomic E-state index is 12.3. The lowest BCUT2D eigenvalue weighted by atomic mass is 10.0. The molecule has 0 bridgehead atoms. The number of halogens is 1. The number of nitrogens with zero attached hydrogens (tertiary/aromatic N) is 1. The minimum absolute atomic E-state index is 0. The van der Waals surface area contributed by atoms with E-state index in [1.54, 1.807) is 0 Å². The van der Waals surface area contributed by atoms with Crippen molar-refractivity contribution in [1.29, 1.82) is 0 Å². The highest BCUT2D eigenvalue weighted by molar-refractivity contribution is 14.0. The molecule has 0 aliphatic heterocycles. The molecule has 0 saturated heterocycles. The fourth-order valence-electron chi connectivity index (χ4n) is 2.91. The Labute approximate surface area is 193 Å². The quantitative estimate of drug-likeness (QED) is 0.193. The molecule has 7 heteroatoms. The smallest absolute Gasteiger partial charge is 0.251 e. The number of benzene rings is 1. The van der Waals surface area contributed by atoms with E-state index < -0.39 is 0 Å². The fraction of sp³-hybridized carbons (Fsp3) is 0.636. The fourth-order valence-corrected chi connectivity index (χ4v) is 2.91. The zero-order valence-corrected chi connectivity index (χ0v) is 20.7. The number of aliphatic hydroxyl groups is 1. The molecule has 0 radical (unpaired) electrons. The number of guanidine groups is 1. The van der Waals surface area contributed by atoms with Gasteiger partial charge in [0, 0.05) is 31.3 Å². The van der Waals surface area contributed by atoms with E-state index in [9.17, 15) is 9.90 Å². The number of carbonyl (C=O) groups excluding carboxylic acids is 1. The molecule has 1 aromatic rings. The molecule has 2 unspecified atom stereocenters. The summed E-state index contributed by atoms with van der Waals surface area (Å²) in [5.41, 5.74) is 1.66. The number of hydrogen-bond acceptors (Lipinski definition) is 3. The molecule has 1 amide bonds. The van der Waals surface area contributed by atoms with Crippen LogP contribution in [0.1, 0.15) is 69.3 Å². The normalized spacial score (nSPS) is 13.2. The van der Waals surface area contributed by atoms with Crippen LogP contribution in [0.5, 0.6) is 0 Å². The molecule has 0 saturated carbocycles. The third kappa shape index (κ3) is 11.4. The second-order valence-corrected chi connectivity index (χ2v) is 7.23. The molecular formula is C22H39IN4O2. The lowest BCUT2D eigenvalue weighted by Gasteiger charge is -2.18. The Bertz CT molecular complexity index is 604. The van der Waals surface area contributed by atoms with Crippen LogP contribution >= 0.6 is 24.0 Å². The molecule has 0 aromatic heterocycles. The number of aliphatic imine (C=N–C) groups is 1. The van der Waals surface area contributed by atoms with Gasteiger partial charge in [-0.05, 0) is 56.7 Å². The van der Waals surface area contributed by atoms with E-state index in [-0.39, 0.29) is 42.5 Å². The Balaban J connectivity index is 0.00000784. The molecule has 0 fully saturated rings. The predicted octanol–water partition coefficient (Wildman–Crippen LogP) is 3.69. The van der Waals surface area contributed by atoms with Crippen LogP contribution in [0, 0.1) is 5.92 Å². The molecule has 0 aliphatic rings. The molecular weight excluding hydrogens is 479 g/mol. The molecule has 1 aromatic carbocycles. The van der Waals surface area contributed by atoms with Crippen molar-refractivity contribution >= 4 is 35.8 Å². The number of carbonyl (C=O) groups is 1. The predicted molar refractivity (Wildman–Crippen MR) is 132 cm³/mol. The molecule has 29 heavy (non-hydrogen) atoms. The van der Waals surface area contributed by atoms with Gasteiger partial charge in [0.25, 0.3) is 5.91 Å². The summed E-state index contributed by atoms with van der Waals surface area (Å²) in [5, 5.41) is 18.9. The average Bonchev–Trinajstić information content (AvgIpc) is 2.70. The van der Waals surface area contributed by atoms with Gasteiger partial charge in [0.2, 0.25) is 0 Å². The topological polar surface area (TPSA) is 85.8 Å². The molecule has 6 nitrogen and oxygen atoms in total. The van der Waals surface area contributed by atoms with Crippen LogP contribution in [0.3, 0.4) is 0 Å². The third-order valence-electron chi connectivity index (χ3n) is 4.74. The van der Waals surface area contributed by atoms with E-state index in [4.69, 9.17) is 0 Å². The summed E-state index contributed by atoms with van der Waals surface area (Å²) >= 11 is 0. The van der Waals surface area contributed by atoms with Crippen molar-refractivity contribution < 1.29 is 9.90 Å². The lowest BCUT2D eigenvalue weighted by Crippen LogP contribution is -2.40. The molecule has 1 rings (SSSR count). The van der Waals surface area contributed by atoms with Crippen molar-refractivity contribution in [2.45, 2.75) is 66.0 Å². The van der Waals surface area contributed by atoms with Crippen LogP contribution in [0.15, 0.2) is 29.3 Å². The lowest BCUT2D eigenvalue weighted by molar-refractivity contribution is 0.0939. The SMILES string of the molecule is CCCC(CCO)CNC(=NCc1cccc(C(=O)NC(C)CC)c1)NCC.I. The molecule has 0 heterocycles. The van der Waals surface area contributed by atoms with Crippen molar-refractivity contribution in [2.24, 2.45) is 10.9 Å². The highest BCUT2D eigenvalue weighted by atomic mass is 127. The molecule has 2 atom stereocenters. The van der Waals surface area contributed by atoms with Crippen LogP contribution in [0.2, 0.25) is 0 Å². The third-order valence-corrected chi connectivity index (χ3v) is 4.74.